The van der Waals surface area contributed by atoms with Gasteiger partial charge < -0.3 is 10.2 Å². The fourth-order valence-electron chi connectivity index (χ4n) is 3.66. The van der Waals surface area contributed by atoms with Crippen molar-refractivity contribution in [1.82, 2.24) is 15.1 Å². The second-order valence-electron chi connectivity index (χ2n) is 7.19. The number of carbonyl (C=O) groups is 3. The molecule has 1 aromatic carbocycles. The lowest BCUT2D eigenvalue weighted by atomic mass is 9.91. The van der Waals surface area contributed by atoms with Crippen LogP contribution < -0.4 is 5.32 Å². The van der Waals surface area contributed by atoms with Gasteiger partial charge in [0.25, 0.3) is 11.6 Å². The maximum Gasteiger partial charge on any atom is 0.325 e. The van der Waals surface area contributed by atoms with Crippen LogP contribution in [0.5, 0.6) is 0 Å². The molecule has 1 fully saturated rings. The summed E-state index contributed by atoms with van der Waals surface area (Å²) in [5, 5.41) is 15.6. The Bertz CT molecular complexity index is 1040. The molecule has 1 unspecified atom stereocenters. The molecule has 0 bridgehead atoms. The van der Waals surface area contributed by atoms with E-state index in [2.05, 4.69) is 5.32 Å². The van der Waals surface area contributed by atoms with Crippen molar-refractivity contribution in [1.29, 1.82) is 0 Å². The zero-order valence-electron chi connectivity index (χ0n) is 15.6. The molecule has 2 aliphatic heterocycles. The van der Waals surface area contributed by atoms with E-state index in [1.807, 2.05) is 11.4 Å². The van der Waals surface area contributed by atoms with E-state index in [0.29, 0.717) is 18.7 Å². The smallest absolute Gasteiger partial charge is 0.325 e. The number of imide groups is 1. The summed E-state index contributed by atoms with van der Waals surface area (Å²) in [5.74, 6) is -0.918. The molecule has 4 rings (SSSR count). The number of amides is 4. The highest BCUT2D eigenvalue weighted by atomic mass is 32.1. The van der Waals surface area contributed by atoms with E-state index in [-0.39, 0.29) is 18.1 Å². The van der Waals surface area contributed by atoms with Crippen LogP contribution in [0.3, 0.4) is 0 Å². The minimum Gasteiger partial charge on any atom is -0.336 e. The Morgan fingerprint density at radius 3 is 2.90 bits per heavy atom. The van der Waals surface area contributed by atoms with Gasteiger partial charge in [0.1, 0.15) is 12.1 Å². The maximum absolute atomic E-state index is 13.0. The maximum atomic E-state index is 13.0. The minimum atomic E-state index is -1.47. The van der Waals surface area contributed by atoms with Crippen LogP contribution in [-0.4, -0.2) is 45.7 Å². The Hall–Kier alpha value is -3.27. The number of hydrogen-bond donors (Lipinski definition) is 1. The molecule has 29 heavy (non-hydrogen) atoms. The van der Waals surface area contributed by atoms with Crippen molar-refractivity contribution in [3.05, 3.63) is 61.8 Å². The Kier molecular flexibility index (Phi) is 4.58. The van der Waals surface area contributed by atoms with Gasteiger partial charge in [0.05, 0.1) is 4.92 Å². The van der Waals surface area contributed by atoms with Crippen LogP contribution in [-0.2, 0) is 28.1 Å². The first-order chi connectivity index (χ1) is 13.8. The summed E-state index contributed by atoms with van der Waals surface area (Å²) in [5.41, 5.74) is -0.263. The molecule has 2 aromatic rings. The second-order valence-corrected chi connectivity index (χ2v) is 8.19. The van der Waals surface area contributed by atoms with Crippen LogP contribution >= 0.6 is 11.3 Å². The van der Waals surface area contributed by atoms with E-state index >= 15 is 0 Å². The van der Waals surface area contributed by atoms with Gasteiger partial charge in [-0.2, -0.15) is 0 Å². The lowest BCUT2D eigenvalue weighted by Gasteiger charge is -2.28. The monoisotopic (exact) mass is 414 g/mol. The summed E-state index contributed by atoms with van der Waals surface area (Å²) in [4.78, 5) is 52.4. The molecule has 9 nitrogen and oxygen atoms in total. The standard InChI is InChI=1S/C19H18N4O5S/c1-19(13-3-2-4-14(9-13)23(27)28)17(25)22(18(26)20-19)11-16(24)21-7-5-15-12(10-21)6-8-29-15/h2-4,6,8-9H,5,7,10-11H2,1H3,(H,20,26). The molecule has 1 saturated heterocycles. The third-order valence-corrected chi connectivity index (χ3v) is 6.39. The fourth-order valence-corrected chi connectivity index (χ4v) is 4.55. The van der Waals surface area contributed by atoms with Gasteiger partial charge in [0, 0.05) is 30.1 Å². The van der Waals surface area contributed by atoms with Crippen LogP contribution in [0.1, 0.15) is 22.9 Å². The number of benzene rings is 1. The van der Waals surface area contributed by atoms with Crippen LogP contribution in [0.15, 0.2) is 35.7 Å². The Labute approximate surface area is 170 Å². The third kappa shape index (κ3) is 3.25. The first kappa shape index (κ1) is 19.1. The topological polar surface area (TPSA) is 113 Å². The molecule has 2 aliphatic rings. The summed E-state index contributed by atoms with van der Waals surface area (Å²) in [7, 11) is 0. The highest BCUT2D eigenvalue weighted by Crippen LogP contribution is 2.31. The Morgan fingerprint density at radius 1 is 1.34 bits per heavy atom. The largest absolute Gasteiger partial charge is 0.336 e. The number of nitro benzene ring substituents is 1. The molecule has 0 radical (unpaired) electrons. The summed E-state index contributed by atoms with van der Waals surface area (Å²) in [6, 6.07) is 6.85. The van der Waals surface area contributed by atoms with Gasteiger partial charge in [-0.25, -0.2) is 4.79 Å². The van der Waals surface area contributed by atoms with Crippen molar-refractivity contribution in [3.8, 4) is 0 Å². The van der Waals surface area contributed by atoms with Crippen LogP contribution in [0.25, 0.3) is 0 Å². The van der Waals surface area contributed by atoms with Crippen molar-refractivity contribution in [3.63, 3.8) is 0 Å². The van der Waals surface area contributed by atoms with Gasteiger partial charge in [0.2, 0.25) is 5.91 Å². The molecule has 0 saturated carbocycles. The molecule has 0 spiro atoms. The molecule has 0 aliphatic carbocycles. The normalized spacial score (nSPS) is 21.1. The van der Waals surface area contributed by atoms with Crippen LogP contribution in [0.2, 0.25) is 0 Å². The minimum absolute atomic E-state index is 0.180. The van der Waals surface area contributed by atoms with Crippen molar-refractivity contribution in [2.75, 3.05) is 13.1 Å². The van der Waals surface area contributed by atoms with E-state index in [4.69, 9.17) is 0 Å². The molecule has 1 aromatic heterocycles. The second kappa shape index (κ2) is 6.96. The van der Waals surface area contributed by atoms with Gasteiger partial charge in [-0.15, -0.1) is 11.3 Å². The lowest BCUT2D eigenvalue weighted by molar-refractivity contribution is -0.385. The number of thiophene rings is 1. The van der Waals surface area contributed by atoms with Gasteiger partial charge in [-0.05, 0) is 35.9 Å². The average Bonchev–Trinajstić information content (AvgIpc) is 3.26. The van der Waals surface area contributed by atoms with Crippen molar-refractivity contribution in [2.24, 2.45) is 0 Å². The van der Waals surface area contributed by atoms with Crippen molar-refractivity contribution >= 4 is 34.9 Å². The third-order valence-electron chi connectivity index (χ3n) is 5.36. The molecule has 3 heterocycles. The summed E-state index contributed by atoms with van der Waals surface area (Å²) < 4.78 is 0. The lowest BCUT2D eigenvalue weighted by Crippen LogP contribution is -2.45. The predicted octanol–water partition coefficient (Wildman–Crippen LogP) is 2.01. The molecular formula is C19H18N4O5S. The number of non-ortho nitro benzene ring substituents is 1. The number of fused-ring (bicyclic) bond motifs is 1. The number of rotatable bonds is 4. The summed E-state index contributed by atoms with van der Waals surface area (Å²) in [6.07, 6.45) is 0.754. The number of hydrogen-bond acceptors (Lipinski definition) is 6. The number of nitrogens with one attached hydrogen (secondary N) is 1. The summed E-state index contributed by atoms with van der Waals surface area (Å²) >= 11 is 1.66. The van der Waals surface area contributed by atoms with Crippen LogP contribution in [0.4, 0.5) is 10.5 Å². The molecule has 10 heteroatoms. The van der Waals surface area contributed by atoms with E-state index in [0.717, 1.165) is 16.9 Å². The molecule has 1 atom stereocenters. The van der Waals surface area contributed by atoms with Gasteiger partial charge in [-0.3, -0.25) is 24.6 Å². The van der Waals surface area contributed by atoms with Crippen LogP contribution in [0, 0.1) is 10.1 Å². The highest BCUT2D eigenvalue weighted by Gasteiger charge is 2.50. The van der Waals surface area contributed by atoms with E-state index in [1.165, 1.54) is 30.0 Å². The number of nitrogens with zero attached hydrogens (tertiary/aromatic N) is 3. The number of urea groups is 1. The molecule has 150 valence electrons. The fraction of sp³-hybridized carbons (Fsp3) is 0.316. The first-order valence-electron chi connectivity index (χ1n) is 9.01. The van der Waals surface area contributed by atoms with Gasteiger partial charge >= 0.3 is 6.03 Å². The number of carbonyl (C=O) groups excluding carboxylic acids is 3. The summed E-state index contributed by atoms with van der Waals surface area (Å²) in [6.45, 7) is 2.12. The Balaban J connectivity index is 1.52. The highest BCUT2D eigenvalue weighted by molar-refractivity contribution is 7.10. The van der Waals surface area contributed by atoms with E-state index in [1.54, 1.807) is 22.3 Å². The molecule has 1 N–H and O–H groups in total. The van der Waals surface area contributed by atoms with Crippen molar-refractivity contribution < 1.29 is 19.3 Å². The quantitative estimate of drug-likeness (QED) is 0.467. The average molecular weight is 414 g/mol. The SMILES string of the molecule is CC1(c2cccc([N+](=O)[O-])c2)NC(=O)N(CC(=O)N2CCc3sccc3C2)C1=O. The van der Waals surface area contributed by atoms with E-state index < -0.39 is 22.4 Å². The predicted molar refractivity (Wildman–Crippen MR) is 104 cm³/mol. The van der Waals surface area contributed by atoms with E-state index in [9.17, 15) is 24.5 Å². The zero-order valence-corrected chi connectivity index (χ0v) is 16.4. The van der Waals surface area contributed by atoms with Gasteiger partial charge in [-0.1, -0.05) is 12.1 Å². The van der Waals surface area contributed by atoms with Gasteiger partial charge in [0.15, 0.2) is 0 Å². The molecule has 4 amide bonds. The Morgan fingerprint density at radius 2 is 2.14 bits per heavy atom. The number of nitro groups is 1. The first-order valence-corrected chi connectivity index (χ1v) is 9.89. The molecular weight excluding hydrogens is 396 g/mol. The zero-order chi connectivity index (χ0) is 20.8. The van der Waals surface area contributed by atoms with Crippen molar-refractivity contribution in [2.45, 2.75) is 25.4 Å².